The maximum atomic E-state index is 5.27. The summed E-state index contributed by atoms with van der Waals surface area (Å²) >= 11 is 0. The maximum Gasteiger partial charge on any atom is 0.124 e. The third-order valence-corrected chi connectivity index (χ3v) is 2.07. The Hall–Kier alpha value is -1.10. The van der Waals surface area contributed by atoms with Crippen molar-refractivity contribution in [3.63, 3.8) is 0 Å². The summed E-state index contributed by atoms with van der Waals surface area (Å²) in [6.45, 7) is 1.21. The highest BCUT2D eigenvalue weighted by Gasteiger charge is 2.03. The van der Waals surface area contributed by atoms with Crippen LogP contribution in [0.1, 0.15) is 11.1 Å². The molecule has 0 bridgehead atoms. The molecule has 0 amide bonds. The van der Waals surface area contributed by atoms with Gasteiger partial charge in [0.25, 0.3) is 0 Å². The van der Waals surface area contributed by atoms with E-state index in [1.54, 1.807) is 21.3 Å². The first-order valence-electron chi connectivity index (χ1n) is 4.72. The molecule has 0 aliphatic rings. The van der Waals surface area contributed by atoms with Gasteiger partial charge in [0, 0.05) is 19.2 Å². The fourth-order valence-electron chi connectivity index (χ4n) is 1.33. The summed E-state index contributed by atoms with van der Waals surface area (Å²) in [5, 5.41) is 0. The Morgan fingerprint density at radius 2 is 2.00 bits per heavy atom. The Balaban J connectivity index is 2.77. The van der Waals surface area contributed by atoms with E-state index in [1.165, 1.54) is 0 Å². The minimum absolute atomic E-state index is 0.557. The van der Waals surface area contributed by atoms with Crippen LogP contribution < -0.4 is 10.2 Å². The second kappa shape index (κ2) is 6.40. The van der Waals surface area contributed by atoms with Crippen LogP contribution in [0.15, 0.2) is 18.2 Å². The first kappa shape index (κ1) is 12.0. The maximum absolute atomic E-state index is 5.27. The van der Waals surface area contributed by atoms with Crippen molar-refractivity contribution in [2.24, 2.45) is 0 Å². The number of nitrogens with one attached hydrogen (secondary N) is 1. The van der Waals surface area contributed by atoms with Gasteiger partial charge in [0.15, 0.2) is 0 Å². The lowest BCUT2D eigenvalue weighted by Crippen LogP contribution is -2.10. The van der Waals surface area contributed by atoms with Crippen LogP contribution in [-0.4, -0.2) is 21.3 Å². The van der Waals surface area contributed by atoms with Crippen molar-refractivity contribution in [2.75, 3.05) is 21.3 Å². The Morgan fingerprint density at radius 1 is 1.20 bits per heavy atom. The molecule has 0 aromatic heterocycles. The van der Waals surface area contributed by atoms with Gasteiger partial charge in [0.2, 0.25) is 0 Å². The fraction of sp³-hybridized carbons (Fsp3) is 0.455. The van der Waals surface area contributed by atoms with Gasteiger partial charge in [-0.3, -0.25) is 0 Å². The first-order chi connectivity index (χ1) is 7.31. The van der Waals surface area contributed by atoms with Gasteiger partial charge in [-0.15, -0.1) is 0 Å². The molecule has 1 aromatic rings. The molecule has 0 atom stereocenters. The van der Waals surface area contributed by atoms with Gasteiger partial charge in [-0.05, 0) is 11.6 Å². The molecule has 0 saturated heterocycles. The minimum atomic E-state index is 0.557. The van der Waals surface area contributed by atoms with Crippen molar-refractivity contribution in [2.45, 2.75) is 13.2 Å². The molecule has 0 heterocycles. The van der Waals surface area contributed by atoms with Gasteiger partial charge in [0.1, 0.15) is 5.75 Å². The molecule has 15 heavy (non-hydrogen) atoms. The molecule has 1 rings (SSSR count). The summed E-state index contributed by atoms with van der Waals surface area (Å²) in [7, 11) is 4.92. The van der Waals surface area contributed by atoms with Crippen LogP contribution >= 0.6 is 0 Å². The van der Waals surface area contributed by atoms with E-state index < -0.39 is 0 Å². The Labute approximate surface area is 90.1 Å². The summed E-state index contributed by atoms with van der Waals surface area (Å²) in [5.74, 6) is 0.840. The standard InChI is InChI=1S/C11H17NO3/c1-13-8-10-5-4-9(7-12-15-3)6-11(10)14-2/h4-6,12H,7-8H2,1-3H3. The van der Waals surface area contributed by atoms with E-state index in [9.17, 15) is 0 Å². The van der Waals surface area contributed by atoms with E-state index in [0.29, 0.717) is 13.2 Å². The number of benzene rings is 1. The first-order valence-corrected chi connectivity index (χ1v) is 4.72. The molecule has 0 spiro atoms. The Bertz CT molecular complexity index is 302. The predicted octanol–water partition coefficient (Wildman–Crippen LogP) is 1.49. The van der Waals surface area contributed by atoms with Gasteiger partial charge in [-0.1, -0.05) is 12.1 Å². The quantitative estimate of drug-likeness (QED) is 0.724. The van der Waals surface area contributed by atoms with Crippen LogP contribution in [0.5, 0.6) is 5.75 Å². The highest BCUT2D eigenvalue weighted by molar-refractivity contribution is 5.37. The van der Waals surface area contributed by atoms with E-state index in [0.717, 1.165) is 16.9 Å². The second-order valence-corrected chi connectivity index (χ2v) is 3.10. The van der Waals surface area contributed by atoms with E-state index >= 15 is 0 Å². The molecule has 84 valence electrons. The largest absolute Gasteiger partial charge is 0.496 e. The molecule has 0 saturated carbocycles. The molecule has 0 unspecified atom stereocenters. The average Bonchev–Trinajstić information content (AvgIpc) is 2.28. The normalized spacial score (nSPS) is 10.3. The summed E-state index contributed by atoms with van der Waals surface area (Å²) in [5.41, 5.74) is 4.93. The number of rotatable bonds is 6. The molecular weight excluding hydrogens is 194 g/mol. The highest BCUT2D eigenvalue weighted by Crippen LogP contribution is 2.20. The molecule has 1 aromatic carbocycles. The van der Waals surface area contributed by atoms with Gasteiger partial charge < -0.3 is 14.3 Å². The van der Waals surface area contributed by atoms with Gasteiger partial charge in [-0.25, -0.2) is 0 Å². The molecule has 4 heteroatoms. The summed E-state index contributed by atoms with van der Waals surface area (Å²) in [6, 6.07) is 5.98. The number of ether oxygens (including phenoxy) is 2. The lowest BCUT2D eigenvalue weighted by molar-refractivity contribution is 0.0866. The second-order valence-electron chi connectivity index (χ2n) is 3.10. The lowest BCUT2D eigenvalue weighted by atomic mass is 10.1. The topological polar surface area (TPSA) is 39.7 Å². The van der Waals surface area contributed by atoms with Crippen molar-refractivity contribution >= 4 is 0 Å². The zero-order valence-electron chi connectivity index (χ0n) is 9.37. The molecular formula is C11H17NO3. The third kappa shape index (κ3) is 3.51. The molecule has 4 nitrogen and oxygen atoms in total. The number of hydrogen-bond donors (Lipinski definition) is 1. The fourth-order valence-corrected chi connectivity index (χ4v) is 1.33. The highest BCUT2D eigenvalue weighted by atomic mass is 16.6. The lowest BCUT2D eigenvalue weighted by Gasteiger charge is -2.10. The van der Waals surface area contributed by atoms with Crippen LogP contribution in [0.2, 0.25) is 0 Å². The van der Waals surface area contributed by atoms with Gasteiger partial charge in [0.05, 0.1) is 20.8 Å². The van der Waals surface area contributed by atoms with Crippen LogP contribution in [0.4, 0.5) is 0 Å². The van der Waals surface area contributed by atoms with Crippen molar-refractivity contribution in [1.82, 2.24) is 5.48 Å². The average molecular weight is 211 g/mol. The molecule has 1 N–H and O–H groups in total. The van der Waals surface area contributed by atoms with Crippen LogP contribution in [0, 0.1) is 0 Å². The van der Waals surface area contributed by atoms with Crippen molar-refractivity contribution in [1.29, 1.82) is 0 Å². The summed E-state index contributed by atoms with van der Waals surface area (Å²) in [6.07, 6.45) is 0. The molecule has 0 radical (unpaired) electrons. The molecule has 0 fully saturated rings. The zero-order valence-corrected chi connectivity index (χ0v) is 9.37. The van der Waals surface area contributed by atoms with Crippen LogP contribution in [0.3, 0.4) is 0 Å². The van der Waals surface area contributed by atoms with Crippen molar-refractivity contribution in [3.8, 4) is 5.75 Å². The summed E-state index contributed by atoms with van der Waals surface area (Å²) < 4.78 is 10.3. The molecule has 0 aliphatic heterocycles. The minimum Gasteiger partial charge on any atom is -0.496 e. The van der Waals surface area contributed by atoms with Crippen LogP contribution in [0.25, 0.3) is 0 Å². The third-order valence-electron chi connectivity index (χ3n) is 2.07. The number of methoxy groups -OCH3 is 2. The zero-order chi connectivity index (χ0) is 11.1. The van der Waals surface area contributed by atoms with E-state index in [1.807, 2.05) is 18.2 Å². The van der Waals surface area contributed by atoms with Crippen LogP contribution in [-0.2, 0) is 22.7 Å². The van der Waals surface area contributed by atoms with Crippen molar-refractivity contribution < 1.29 is 14.3 Å². The van der Waals surface area contributed by atoms with Crippen molar-refractivity contribution in [3.05, 3.63) is 29.3 Å². The number of hydroxylamine groups is 1. The smallest absolute Gasteiger partial charge is 0.124 e. The number of hydrogen-bond acceptors (Lipinski definition) is 4. The van der Waals surface area contributed by atoms with E-state index in [4.69, 9.17) is 14.3 Å². The Morgan fingerprint density at radius 3 is 2.60 bits per heavy atom. The Kier molecular flexibility index (Phi) is 5.10. The monoisotopic (exact) mass is 211 g/mol. The van der Waals surface area contributed by atoms with Gasteiger partial charge in [-0.2, -0.15) is 5.48 Å². The molecule has 0 aliphatic carbocycles. The van der Waals surface area contributed by atoms with Gasteiger partial charge >= 0.3 is 0 Å². The SMILES string of the molecule is COCc1ccc(CNOC)cc1OC. The van der Waals surface area contributed by atoms with E-state index in [2.05, 4.69) is 5.48 Å². The predicted molar refractivity (Wildman–Crippen MR) is 57.6 cm³/mol. The summed E-state index contributed by atoms with van der Waals surface area (Å²) in [4.78, 5) is 4.78. The van der Waals surface area contributed by atoms with E-state index in [-0.39, 0.29) is 0 Å².